The lowest BCUT2D eigenvalue weighted by Gasteiger charge is -2.26. The number of carbonyl (C=O) groups is 2. The van der Waals surface area contributed by atoms with Crippen molar-refractivity contribution in [1.29, 1.82) is 0 Å². The molecule has 0 saturated heterocycles. The number of ether oxygens (including phenoxy) is 2. The highest BCUT2D eigenvalue weighted by Gasteiger charge is 2.38. The van der Waals surface area contributed by atoms with Gasteiger partial charge in [0.1, 0.15) is 10.2 Å². The van der Waals surface area contributed by atoms with Gasteiger partial charge in [0.15, 0.2) is 0 Å². The van der Waals surface area contributed by atoms with E-state index < -0.39 is 23.5 Å². The number of nitrogens with zero attached hydrogens (tertiary/aromatic N) is 3. The van der Waals surface area contributed by atoms with Crippen LogP contribution < -0.4 is 20.5 Å². The van der Waals surface area contributed by atoms with Crippen LogP contribution in [0.4, 0.5) is 0 Å². The topological polar surface area (TPSA) is 126 Å². The number of esters is 2. The first-order chi connectivity index (χ1) is 15.5. The zero-order valence-electron chi connectivity index (χ0n) is 17.1. The summed E-state index contributed by atoms with van der Waals surface area (Å²) < 4.78 is 11.8. The van der Waals surface area contributed by atoms with Gasteiger partial charge in [0.05, 0.1) is 36.1 Å². The minimum Gasteiger partial charge on any atom is -0.466 e. The third kappa shape index (κ3) is 3.50. The van der Waals surface area contributed by atoms with Crippen molar-refractivity contribution in [3.8, 4) is 0 Å². The number of nitrogens with two attached hydrogens (primary N) is 1. The van der Waals surface area contributed by atoms with Gasteiger partial charge in [-0.3, -0.25) is 19.3 Å². The number of fused-ring (bicyclic) bond motifs is 1. The summed E-state index contributed by atoms with van der Waals surface area (Å²) in [5, 5.41) is 0. The van der Waals surface area contributed by atoms with Crippen molar-refractivity contribution < 1.29 is 19.1 Å². The molecule has 1 atom stereocenters. The maximum Gasteiger partial charge on any atom is 0.342 e. The SMILES string of the molecule is COC(=O)C1=C(N)C(C(=O)OC)=c2s/c(=C/c3cccnc3)c(=O)n2C1c1cccnc1. The molecule has 2 N–H and O–H groups in total. The third-order valence-electron chi connectivity index (χ3n) is 4.94. The minimum atomic E-state index is -0.931. The molecule has 0 aromatic carbocycles. The van der Waals surface area contributed by atoms with Crippen molar-refractivity contribution in [2.24, 2.45) is 5.73 Å². The second kappa shape index (κ2) is 8.60. The van der Waals surface area contributed by atoms with Gasteiger partial charge in [-0.1, -0.05) is 12.1 Å². The molecule has 0 spiro atoms. The van der Waals surface area contributed by atoms with Gasteiger partial charge < -0.3 is 15.2 Å². The molecule has 0 bridgehead atoms. The maximum absolute atomic E-state index is 13.5. The van der Waals surface area contributed by atoms with Crippen LogP contribution in [-0.2, 0) is 19.1 Å². The molecule has 4 rings (SSSR count). The monoisotopic (exact) mass is 450 g/mol. The standard InChI is InChI=1S/C22H18N4O5S/c1-30-21(28)15-17(23)16(22(29)31-2)20-26(18(15)13-6-4-8-25-11-13)19(27)14(32-20)9-12-5-3-7-24-10-12/h3-11,18H,23H2,1-2H3/b14-9+. The summed E-state index contributed by atoms with van der Waals surface area (Å²) in [5.41, 5.74) is 6.94. The van der Waals surface area contributed by atoms with E-state index in [1.54, 1.807) is 48.9 Å². The van der Waals surface area contributed by atoms with Gasteiger partial charge in [0.2, 0.25) is 0 Å². The molecule has 0 radical (unpaired) electrons. The highest BCUT2D eigenvalue weighted by Crippen LogP contribution is 2.31. The maximum atomic E-state index is 13.5. The molecule has 1 aliphatic heterocycles. The lowest BCUT2D eigenvalue weighted by molar-refractivity contribution is -0.136. The molecule has 9 nitrogen and oxygen atoms in total. The van der Waals surface area contributed by atoms with Gasteiger partial charge in [-0.05, 0) is 29.3 Å². The molecule has 4 heterocycles. The third-order valence-corrected chi connectivity index (χ3v) is 6.04. The minimum absolute atomic E-state index is 0.0405. The fraction of sp³-hybridized carbons (Fsp3) is 0.136. The summed E-state index contributed by atoms with van der Waals surface area (Å²) in [6.45, 7) is 0. The zero-order valence-corrected chi connectivity index (χ0v) is 18.0. The summed E-state index contributed by atoms with van der Waals surface area (Å²) >= 11 is 1.07. The zero-order chi connectivity index (χ0) is 22.8. The first-order valence-corrected chi connectivity index (χ1v) is 10.2. The lowest BCUT2D eigenvalue weighted by atomic mass is 9.93. The van der Waals surface area contributed by atoms with Crippen LogP contribution in [0, 0.1) is 0 Å². The van der Waals surface area contributed by atoms with Gasteiger partial charge in [0.25, 0.3) is 5.56 Å². The van der Waals surface area contributed by atoms with E-state index in [1.165, 1.54) is 25.0 Å². The Bertz CT molecular complexity index is 1410. The van der Waals surface area contributed by atoms with Gasteiger partial charge in [-0.15, -0.1) is 11.3 Å². The first-order valence-electron chi connectivity index (χ1n) is 9.41. The molecule has 0 saturated carbocycles. The summed E-state index contributed by atoms with van der Waals surface area (Å²) in [4.78, 5) is 47.1. The lowest BCUT2D eigenvalue weighted by Crippen LogP contribution is -2.43. The Labute approximate surface area is 185 Å². The largest absolute Gasteiger partial charge is 0.466 e. The normalized spacial score (nSPS) is 16.0. The van der Waals surface area contributed by atoms with E-state index in [0.717, 1.165) is 11.3 Å². The molecule has 3 aromatic rings. The van der Waals surface area contributed by atoms with Crippen molar-refractivity contribution in [3.63, 3.8) is 0 Å². The molecule has 162 valence electrons. The molecule has 0 fully saturated rings. The van der Waals surface area contributed by atoms with Crippen LogP contribution in [0.1, 0.15) is 17.2 Å². The Kier molecular flexibility index (Phi) is 5.69. The Morgan fingerprint density at radius 1 is 1.09 bits per heavy atom. The van der Waals surface area contributed by atoms with E-state index >= 15 is 0 Å². The Hall–Kier alpha value is -4.05. The smallest absolute Gasteiger partial charge is 0.342 e. The second-order valence-corrected chi connectivity index (χ2v) is 7.78. The molecular weight excluding hydrogens is 432 g/mol. The average molecular weight is 450 g/mol. The predicted octanol–water partition coefficient (Wildman–Crippen LogP) is -0.159. The second-order valence-electron chi connectivity index (χ2n) is 6.75. The number of pyridine rings is 2. The van der Waals surface area contributed by atoms with Gasteiger partial charge >= 0.3 is 11.9 Å². The molecule has 32 heavy (non-hydrogen) atoms. The molecule has 3 aromatic heterocycles. The summed E-state index contributed by atoms with van der Waals surface area (Å²) in [6.07, 6.45) is 8.00. The van der Waals surface area contributed by atoms with Crippen molar-refractivity contribution in [1.82, 2.24) is 14.5 Å². The molecule has 1 unspecified atom stereocenters. The Morgan fingerprint density at radius 2 is 1.78 bits per heavy atom. The molecule has 10 heteroatoms. The summed E-state index contributed by atoms with van der Waals surface area (Å²) in [7, 11) is 2.40. The molecule has 1 aliphatic rings. The van der Waals surface area contributed by atoms with Crippen molar-refractivity contribution in [3.05, 3.63) is 91.0 Å². The average Bonchev–Trinajstić information content (AvgIpc) is 3.13. The number of methoxy groups -OCH3 is 2. The number of hydrogen-bond acceptors (Lipinski definition) is 9. The van der Waals surface area contributed by atoms with Crippen LogP contribution in [0.25, 0.3) is 11.6 Å². The van der Waals surface area contributed by atoms with Crippen LogP contribution in [0.5, 0.6) is 0 Å². The van der Waals surface area contributed by atoms with Crippen molar-refractivity contribution in [2.75, 3.05) is 14.2 Å². The molecular formula is C22H18N4O5S. The van der Waals surface area contributed by atoms with Gasteiger partial charge in [0, 0.05) is 24.8 Å². The van der Waals surface area contributed by atoms with E-state index in [9.17, 15) is 14.4 Å². The Balaban J connectivity index is 2.14. The van der Waals surface area contributed by atoms with E-state index in [0.29, 0.717) is 15.7 Å². The van der Waals surface area contributed by atoms with E-state index in [4.69, 9.17) is 15.2 Å². The van der Waals surface area contributed by atoms with Crippen LogP contribution in [0.3, 0.4) is 0 Å². The number of aromatic nitrogens is 3. The fourth-order valence-electron chi connectivity index (χ4n) is 3.53. The molecule has 0 amide bonds. The van der Waals surface area contributed by atoms with Crippen molar-refractivity contribution >= 4 is 34.9 Å². The van der Waals surface area contributed by atoms with E-state index in [-0.39, 0.29) is 21.5 Å². The number of carbonyl (C=O) groups excluding carboxylic acids is 2. The van der Waals surface area contributed by atoms with Crippen LogP contribution in [0.2, 0.25) is 0 Å². The summed E-state index contributed by atoms with van der Waals surface area (Å²) in [6, 6.07) is 6.01. The Morgan fingerprint density at radius 3 is 2.38 bits per heavy atom. The molecule has 0 aliphatic carbocycles. The summed E-state index contributed by atoms with van der Waals surface area (Å²) in [5.74, 6) is -1.53. The number of rotatable bonds is 4. The van der Waals surface area contributed by atoms with Gasteiger partial charge in [-0.2, -0.15) is 0 Å². The number of thiazole rings is 1. The number of hydrogen-bond donors (Lipinski definition) is 1. The van der Waals surface area contributed by atoms with E-state index in [2.05, 4.69) is 9.97 Å². The highest BCUT2D eigenvalue weighted by atomic mass is 32.1. The first kappa shape index (κ1) is 21.2. The highest BCUT2D eigenvalue weighted by molar-refractivity contribution is 7.07. The van der Waals surface area contributed by atoms with Crippen LogP contribution in [-0.4, -0.2) is 40.7 Å². The predicted molar refractivity (Wildman–Crippen MR) is 117 cm³/mol. The quantitative estimate of drug-likeness (QED) is 0.544. The van der Waals surface area contributed by atoms with E-state index in [1.807, 2.05) is 0 Å². The van der Waals surface area contributed by atoms with Gasteiger partial charge in [-0.25, -0.2) is 9.59 Å². The van der Waals surface area contributed by atoms with Crippen molar-refractivity contribution in [2.45, 2.75) is 6.04 Å². The fourth-order valence-corrected chi connectivity index (χ4v) is 4.70. The van der Waals surface area contributed by atoms with Crippen LogP contribution in [0.15, 0.2) is 65.1 Å². The van der Waals surface area contributed by atoms with Crippen LogP contribution >= 0.6 is 11.3 Å².